The van der Waals surface area contributed by atoms with E-state index in [4.69, 9.17) is 0 Å². The molecule has 0 saturated heterocycles. The van der Waals surface area contributed by atoms with Gasteiger partial charge in [0.1, 0.15) is 5.82 Å². The van der Waals surface area contributed by atoms with Crippen molar-refractivity contribution in [3.8, 4) is 0 Å². The molecule has 26 heavy (non-hydrogen) atoms. The molecule has 4 heteroatoms. The first-order valence-electron chi connectivity index (χ1n) is 8.40. The van der Waals surface area contributed by atoms with Crippen molar-refractivity contribution >= 4 is 17.5 Å². The molecule has 0 saturated carbocycles. The second-order valence-corrected chi connectivity index (χ2v) is 6.35. The zero-order valence-corrected chi connectivity index (χ0v) is 15.0. The van der Waals surface area contributed by atoms with Crippen LogP contribution in [0.4, 0.5) is 5.82 Å². The van der Waals surface area contributed by atoms with Crippen molar-refractivity contribution in [2.75, 3.05) is 5.32 Å². The van der Waals surface area contributed by atoms with Crippen LogP contribution in [0.1, 0.15) is 43.0 Å². The van der Waals surface area contributed by atoms with Gasteiger partial charge >= 0.3 is 0 Å². The lowest BCUT2D eigenvalue weighted by Crippen LogP contribution is -2.17. The summed E-state index contributed by atoms with van der Waals surface area (Å²) in [5, 5.41) is 2.75. The molecule has 3 rings (SSSR count). The highest BCUT2D eigenvalue weighted by molar-refractivity contribution is 6.17. The smallest absolute Gasteiger partial charge is 0.257 e. The minimum absolute atomic E-state index is 0.171. The topological polar surface area (TPSA) is 59.1 Å². The number of nitrogens with zero attached hydrogens (tertiary/aromatic N) is 1. The molecule has 0 atom stereocenters. The molecule has 0 unspecified atom stereocenters. The van der Waals surface area contributed by atoms with E-state index in [0.29, 0.717) is 22.5 Å². The maximum absolute atomic E-state index is 12.9. The summed E-state index contributed by atoms with van der Waals surface area (Å²) in [6.45, 7) is 5.89. The summed E-state index contributed by atoms with van der Waals surface area (Å²) in [5.74, 6) is -0.0705. The summed E-state index contributed by atoms with van der Waals surface area (Å²) in [7, 11) is 0. The number of benzene rings is 2. The second-order valence-electron chi connectivity index (χ2n) is 6.35. The van der Waals surface area contributed by atoms with Gasteiger partial charge in [-0.25, -0.2) is 4.98 Å². The van der Waals surface area contributed by atoms with Gasteiger partial charge in [-0.1, -0.05) is 36.4 Å². The van der Waals surface area contributed by atoms with Crippen LogP contribution in [0.2, 0.25) is 0 Å². The third-order valence-electron chi connectivity index (χ3n) is 4.34. The predicted molar refractivity (Wildman–Crippen MR) is 103 cm³/mol. The quantitative estimate of drug-likeness (QED) is 0.709. The third kappa shape index (κ3) is 3.70. The SMILES string of the molecule is Cc1ccc(NC(=O)c2ccccc2C(=O)c2ccc(C)c(C)c2)nc1. The number of aryl methyl sites for hydroxylation is 3. The molecule has 0 bridgehead atoms. The van der Waals surface area contributed by atoms with Gasteiger partial charge in [-0.2, -0.15) is 0 Å². The van der Waals surface area contributed by atoms with Gasteiger partial charge in [0.25, 0.3) is 5.91 Å². The Kier molecular flexibility index (Phi) is 4.94. The van der Waals surface area contributed by atoms with E-state index >= 15 is 0 Å². The van der Waals surface area contributed by atoms with Gasteiger partial charge in [0, 0.05) is 17.3 Å². The van der Waals surface area contributed by atoms with E-state index in [1.807, 2.05) is 39.0 Å². The lowest BCUT2D eigenvalue weighted by Gasteiger charge is -2.10. The van der Waals surface area contributed by atoms with E-state index in [1.54, 1.807) is 42.6 Å². The highest BCUT2D eigenvalue weighted by atomic mass is 16.2. The maximum Gasteiger partial charge on any atom is 0.257 e. The van der Waals surface area contributed by atoms with E-state index in [9.17, 15) is 9.59 Å². The predicted octanol–water partition coefficient (Wildman–Crippen LogP) is 4.49. The zero-order valence-electron chi connectivity index (χ0n) is 15.0. The minimum atomic E-state index is -0.353. The first kappa shape index (κ1) is 17.5. The normalized spacial score (nSPS) is 10.4. The Balaban J connectivity index is 1.92. The van der Waals surface area contributed by atoms with Crippen molar-refractivity contribution < 1.29 is 9.59 Å². The molecule has 1 aromatic heterocycles. The fourth-order valence-electron chi connectivity index (χ4n) is 2.64. The molecule has 0 spiro atoms. The number of hydrogen-bond donors (Lipinski definition) is 1. The Morgan fingerprint density at radius 1 is 0.846 bits per heavy atom. The van der Waals surface area contributed by atoms with Crippen molar-refractivity contribution in [2.45, 2.75) is 20.8 Å². The summed E-state index contributed by atoms with van der Waals surface area (Å²) in [5.41, 5.74) is 4.45. The lowest BCUT2D eigenvalue weighted by molar-refractivity contribution is 0.0996. The van der Waals surface area contributed by atoms with Crippen LogP contribution in [0.25, 0.3) is 0 Å². The summed E-state index contributed by atoms with van der Waals surface area (Å²) in [6, 6.07) is 16.0. The Labute approximate surface area is 152 Å². The van der Waals surface area contributed by atoms with Crippen LogP contribution in [-0.2, 0) is 0 Å². The number of hydrogen-bond acceptors (Lipinski definition) is 3. The second kappa shape index (κ2) is 7.31. The number of pyridine rings is 1. The number of amides is 1. The average molecular weight is 344 g/mol. The molecule has 1 heterocycles. The molecular formula is C22H20N2O2. The minimum Gasteiger partial charge on any atom is -0.307 e. The van der Waals surface area contributed by atoms with Gasteiger partial charge in [-0.15, -0.1) is 0 Å². The van der Waals surface area contributed by atoms with Crippen LogP contribution in [0.3, 0.4) is 0 Å². The molecule has 1 amide bonds. The van der Waals surface area contributed by atoms with Gasteiger partial charge in [-0.05, 0) is 55.7 Å². The number of aromatic nitrogens is 1. The Morgan fingerprint density at radius 2 is 1.58 bits per heavy atom. The number of ketones is 1. The molecule has 2 aromatic carbocycles. The molecule has 0 aliphatic carbocycles. The summed E-state index contributed by atoms with van der Waals surface area (Å²) in [6.07, 6.45) is 1.68. The standard InChI is InChI=1S/C22H20N2O2/c1-14-8-11-20(23-13-14)24-22(26)19-7-5-4-6-18(19)21(25)17-10-9-15(2)16(3)12-17/h4-13H,1-3H3,(H,23,24,26). The highest BCUT2D eigenvalue weighted by Crippen LogP contribution is 2.18. The fraction of sp³-hybridized carbons (Fsp3) is 0.136. The van der Waals surface area contributed by atoms with Gasteiger partial charge in [0.05, 0.1) is 5.56 Å². The van der Waals surface area contributed by atoms with Gasteiger partial charge < -0.3 is 5.32 Å². The largest absolute Gasteiger partial charge is 0.307 e. The molecule has 4 nitrogen and oxygen atoms in total. The number of anilines is 1. The van der Waals surface area contributed by atoms with E-state index in [0.717, 1.165) is 16.7 Å². The lowest BCUT2D eigenvalue weighted by atomic mass is 9.95. The Morgan fingerprint density at radius 3 is 2.23 bits per heavy atom. The van der Waals surface area contributed by atoms with Crippen LogP contribution in [-0.4, -0.2) is 16.7 Å². The summed E-state index contributed by atoms with van der Waals surface area (Å²) < 4.78 is 0. The molecule has 0 radical (unpaired) electrons. The summed E-state index contributed by atoms with van der Waals surface area (Å²) in [4.78, 5) is 29.8. The van der Waals surface area contributed by atoms with E-state index in [-0.39, 0.29) is 11.7 Å². The van der Waals surface area contributed by atoms with E-state index in [1.165, 1.54) is 0 Å². The number of rotatable bonds is 4. The van der Waals surface area contributed by atoms with Crippen LogP contribution < -0.4 is 5.32 Å². The molecule has 130 valence electrons. The van der Waals surface area contributed by atoms with Crippen LogP contribution in [0, 0.1) is 20.8 Å². The van der Waals surface area contributed by atoms with E-state index < -0.39 is 0 Å². The molecule has 0 fully saturated rings. The van der Waals surface area contributed by atoms with Crippen LogP contribution in [0.5, 0.6) is 0 Å². The average Bonchev–Trinajstić information content (AvgIpc) is 2.65. The van der Waals surface area contributed by atoms with Crippen LogP contribution >= 0.6 is 0 Å². The van der Waals surface area contributed by atoms with E-state index in [2.05, 4.69) is 10.3 Å². The zero-order chi connectivity index (χ0) is 18.7. The molecule has 0 aliphatic heterocycles. The van der Waals surface area contributed by atoms with Gasteiger partial charge in [-0.3, -0.25) is 9.59 Å². The van der Waals surface area contributed by atoms with Crippen molar-refractivity contribution in [1.29, 1.82) is 0 Å². The monoisotopic (exact) mass is 344 g/mol. The van der Waals surface area contributed by atoms with Gasteiger partial charge in [0.15, 0.2) is 5.78 Å². The van der Waals surface area contributed by atoms with Crippen molar-refractivity contribution in [1.82, 2.24) is 4.98 Å². The van der Waals surface area contributed by atoms with Crippen molar-refractivity contribution in [3.63, 3.8) is 0 Å². The number of carbonyl (C=O) groups excluding carboxylic acids is 2. The highest BCUT2D eigenvalue weighted by Gasteiger charge is 2.18. The van der Waals surface area contributed by atoms with Crippen molar-refractivity contribution in [2.24, 2.45) is 0 Å². The summed E-state index contributed by atoms with van der Waals surface area (Å²) >= 11 is 0. The number of carbonyl (C=O) groups is 2. The first-order valence-corrected chi connectivity index (χ1v) is 8.40. The van der Waals surface area contributed by atoms with Crippen molar-refractivity contribution in [3.05, 3.63) is 94.2 Å². The molecule has 1 N–H and O–H groups in total. The molecular weight excluding hydrogens is 324 g/mol. The Hall–Kier alpha value is -3.27. The first-order chi connectivity index (χ1) is 12.5. The van der Waals surface area contributed by atoms with Gasteiger partial charge in [0.2, 0.25) is 0 Å². The molecule has 3 aromatic rings. The van der Waals surface area contributed by atoms with Crippen LogP contribution in [0.15, 0.2) is 60.8 Å². The fourth-order valence-corrected chi connectivity index (χ4v) is 2.64. The third-order valence-corrected chi connectivity index (χ3v) is 4.34. The maximum atomic E-state index is 12.9. The Bertz CT molecular complexity index is 976. The molecule has 0 aliphatic rings. The number of nitrogens with one attached hydrogen (secondary N) is 1.